The number of carbonyl (C=O) groups excluding carboxylic acids is 1. The summed E-state index contributed by atoms with van der Waals surface area (Å²) in [4.78, 5) is 22.2. The minimum absolute atomic E-state index is 0.0930. The van der Waals surface area contributed by atoms with E-state index in [0.717, 1.165) is 6.42 Å². The zero-order valence-corrected chi connectivity index (χ0v) is 11.0. The molecule has 0 aromatic heterocycles. The van der Waals surface area contributed by atoms with Crippen LogP contribution in [0.25, 0.3) is 0 Å². The second-order valence-corrected chi connectivity index (χ2v) is 4.92. The number of carboxylic acid groups (broad SMARTS) is 1. The third-order valence-electron chi connectivity index (χ3n) is 2.46. The summed E-state index contributed by atoms with van der Waals surface area (Å²) >= 11 is 1.74. The molecule has 1 amide bonds. The summed E-state index contributed by atoms with van der Waals surface area (Å²) in [5.41, 5.74) is 0.361. The Labute approximate surface area is 100 Å². The topological polar surface area (TPSA) is 66.4 Å². The lowest BCUT2D eigenvalue weighted by molar-refractivity contribution is -0.133. The number of rotatable bonds is 6. The van der Waals surface area contributed by atoms with Gasteiger partial charge in [-0.3, -0.25) is 4.79 Å². The van der Waals surface area contributed by atoms with Crippen LogP contribution < -0.4 is 5.32 Å². The molecule has 1 atom stereocenters. The van der Waals surface area contributed by atoms with E-state index >= 15 is 0 Å². The van der Waals surface area contributed by atoms with Crippen LogP contribution in [-0.4, -0.2) is 35.0 Å². The predicted octanol–water partition coefficient (Wildman–Crippen LogP) is 1.67. The molecule has 0 radical (unpaired) electrons. The fourth-order valence-corrected chi connectivity index (χ4v) is 1.32. The van der Waals surface area contributed by atoms with Crippen LogP contribution in [0.2, 0.25) is 0 Å². The van der Waals surface area contributed by atoms with Crippen LogP contribution in [0.1, 0.15) is 27.2 Å². The normalized spacial score (nSPS) is 14.0. The van der Waals surface area contributed by atoms with E-state index in [1.807, 2.05) is 6.26 Å². The van der Waals surface area contributed by atoms with Gasteiger partial charge in [-0.2, -0.15) is 11.8 Å². The zero-order chi connectivity index (χ0) is 12.7. The fraction of sp³-hybridized carbons (Fsp3) is 0.636. The van der Waals surface area contributed by atoms with Gasteiger partial charge in [-0.1, -0.05) is 6.92 Å². The van der Waals surface area contributed by atoms with Crippen molar-refractivity contribution in [1.29, 1.82) is 0 Å². The molecule has 0 aliphatic heterocycles. The first kappa shape index (κ1) is 15.0. The maximum absolute atomic E-state index is 11.5. The molecule has 0 aromatic rings. The molecule has 5 heteroatoms. The van der Waals surface area contributed by atoms with E-state index in [4.69, 9.17) is 5.11 Å². The van der Waals surface area contributed by atoms with Gasteiger partial charge in [0.05, 0.1) is 0 Å². The summed E-state index contributed by atoms with van der Waals surface area (Å²) in [6.45, 7) is 5.62. The third-order valence-corrected chi connectivity index (χ3v) is 3.50. The Kier molecular flexibility index (Phi) is 6.88. The Morgan fingerprint density at radius 2 is 1.88 bits per heavy atom. The van der Waals surface area contributed by atoms with E-state index in [2.05, 4.69) is 12.2 Å². The van der Waals surface area contributed by atoms with Crippen molar-refractivity contribution in [1.82, 2.24) is 5.32 Å². The molecule has 0 spiro atoms. The van der Waals surface area contributed by atoms with Gasteiger partial charge < -0.3 is 10.4 Å². The molecule has 0 aliphatic rings. The Balaban J connectivity index is 4.18. The van der Waals surface area contributed by atoms with Gasteiger partial charge in [-0.25, -0.2) is 4.79 Å². The number of carboxylic acids is 1. The largest absolute Gasteiger partial charge is 0.478 e. The molecule has 0 rings (SSSR count). The Hall–Kier alpha value is -0.970. The molecule has 0 saturated heterocycles. The molecule has 0 heterocycles. The summed E-state index contributed by atoms with van der Waals surface area (Å²) < 4.78 is 0. The summed E-state index contributed by atoms with van der Waals surface area (Å²) in [7, 11) is 0. The van der Waals surface area contributed by atoms with Crippen molar-refractivity contribution in [3.05, 3.63) is 11.1 Å². The minimum atomic E-state index is -1.05. The van der Waals surface area contributed by atoms with Crippen LogP contribution in [0.4, 0.5) is 0 Å². The van der Waals surface area contributed by atoms with Gasteiger partial charge in [0.1, 0.15) is 0 Å². The third kappa shape index (κ3) is 5.21. The van der Waals surface area contributed by atoms with E-state index in [-0.39, 0.29) is 17.1 Å². The smallest absolute Gasteiger partial charge is 0.331 e. The predicted molar refractivity (Wildman–Crippen MR) is 66.6 cm³/mol. The molecule has 0 aliphatic carbocycles. The van der Waals surface area contributed by atoms with Crippen molar-refractivity contribution in [2.45, 2.75) is 32.4 Å². The van der Waals surface area contributed by atoms with Gasteiger partial charge in [-0.05, 0) is 26.5 Å². The summed E-state index contributed by atoms with van der Waals surface area (Å²) in [6, 6.07) is 0. The second kappa shape index (κ2) is 7.33. The molecule has 0 saturated carbocycles. The Morgan fingerprint density at radius 3 is 2.31 bits per heavy atom. The number of aliphatic carboxylic acids is 1. The van der Waals surface area contributed by atoms with Crippen LogP contribution >= 0.6 is 11.8 Å². The average molecular weight is 245 g/mol. The highest BCUT2D eigenvalue weighted by Crippen LogP contribution is 2.08. The quantitative estimate of drug-likeness (QED) is 0.698. The van der Waals surface area contributed by atoms with E-state index in [0.29, 0.717) is 11.8 Å². The van der Waals surface area contributed by atoms with Crippen molar-refractivity contribution in [3.63, 3.8) is 0 Å². The van der Waals surface area contributed by atoms with Gasteiger partial charge >= 0.3 is 5.97 Å². The zero-order valence-electron chi connectivity index (χ0n) is 10.2. The van der Waals surface area contributed by atoms with E-state index in [1.165, 1.54) is 13.8 Å². The second-order valence-electron chi connectivity index (χ2n) is 3.65. The van der Waals surface area contributed by atoms with Gasteiger partial charge in [0.15, 0.2) is 0 Å². The monoisotopic (exact) mass is 245 g/mol. The van der Waals surface area contributed by atoms with Gasteiger partial charge in [0, 0.05) is 22.9 Å². The van der Waals surface area contributed by atoms with Gasteiger partial charge in [-0.15, -0.1) is 0 Å². The molecular weight excluding hydrogens is 226 g/mol. The fourth-order valence-electron chi connectivity index (χ4n) is 0.970. The first-order valence-corrected chi connectivity index (χ1v) is 6.40. The first-order valence-electron chi connectivity index (χ1n) is 5.11. The Morgan fingerprint density at radius 1 is 1.31 bits per heavy atom. The number of hydrogen-bond donors (Lipinski definition) is 2. The molecule has 16 heavy (non-hydrogen) atoms. The summed E-state index contributed by atoms with van der Waals surface area (Å²) in [5.74, 6) is -1.35. The highest BCUT2D eigenvalue weighted by atomic mass is 32.2. The summed E-state index contributed by atoms with van der Waals surface area (Å²) in [5, 5.41) is 11.9. The summed E-state index contributed by atoms with van der Waals surface area (Å²) in [6.07, 6.45) is 2.90. The van der Waals surface area contributed by atoms with Crippen molar-refractivity contribution < 1.29 is 14.7 Å². The average Bonchev–Trinajstić information content (AvgIpc) is 2.26. The number of amides is 1. The van der Waals surface area contributed by atoms with Crippen molar-refractivity contribution in [3.8, 4) is 0 Å². The molecule has 0 fully saturated rings. The highest BCUT2D eigenvalue weighted by molar-refractivity contribution is 7.99. The minimum Gasteiger partial charge on any atom is -0.478 e. The lowest BCUT2D eigenvalue weighted by atomic mass is 10.1. The van der Waals surface area contributed by atoms with Crippen LogP contribution in [-0.2, 0) is 9.59 Å². The SMILES string of the molecule is CSC(C)CCNC(=O)C(C)=C(C)C(=O)O. The molecule has 2 N–H and O–H groups in total. The number of nitrogens with one attached hydrogen (secondary N) is 1. The van der Waals surface area contributed by atoms with Crippen LogP contribution in [0.15, 0.2) is 11.1 Å². The molecular formula is C11H19NO3S. The molecule has 1 unspecified atom stereocenters. The molecule has 4 nitrogen and oxygen atoms in total. The van der Waals surface area contributed by atoms with E-state index < -0.39 is 5.97 Å². The first-order chi connectivity index (χ1) is 7.40. The molecule has 0 bridgehead atoms. The van der Waals surface area contributed by atoms with Crippen molar-refractivity contribution in [2.24, 2.45) is 0 Å². The standard InChI is InChI=1S/C11H19NO3S/c1-7(16-4)5-6-12-10(13)8(2)9(3)11(14)15/h7H,5-6H2,1-4H3,(H,12,13)(H,14,15). The Bertz CT molecular complexity index is 300. The van der Waals surface area contributed by atoms with Gasteiger partial charge in [0.2, 0.25) is 5.91 Å². The number of hydrogen-bond acceptors (Lipinski definition) is 3. The number of carbonyl (C=O) groups is 2. The van der Waals surface area contributed by atoms with Crippen LogP contribution in [0.3, 0.4) is 0 Å². The van der Waals surface area contributed by atoms with Crippen molar-refractivity contribution >= 4 is 23.6 Å². The van der Waals surface area contributed by atoms with Gasteiger partial charge in [0.25, 0.3) is 0 Å². The van der Waals surface area contributed by atoms with Crippen molar-refractivity contribution in [2.75, 3.05) is 12.8 Å². The molecule has 0 aromatic carbocycles. The maximum atomic E-state index is 11.5. The van der Waals surface area contributed by atoms with E-state index in [9.17, 15) is 9.59 Å². The lowest BCUT2D eigenvalue weighted by Crippen LogP contribution is -2.27. The highest BCUT2D eigenvalue weighted by Gasteiger charge is 2.12. The molecule has 92 valence electrons. The number of thioether (sulfide) groups is 1. The van der Waals surface area contributed by atoms with E-state index in [1.54, 1.807) is 11.8 Å². The van der Waals surface area contributed by atoms with Crippen LogP contribution in [0, 0.1) is 0 Å². The maximum Gasteiger partial charge on any atom is 0.331 e. The van der Waals surface area contributed by atoms with Crippen LogP contribution in [0.5, 0.6) is 0 Å². The lowest BCUT2D eigenvalue weighted by Gasteiger charge is -2.10.